The summed E-state index contributed by atoms with van der Waals surface area (Å²) in [5.41, 5.74) is 3.60. The van der Waals surface area contributed by atoms with Gasteiger partial charge >= 0.3 is 0 Å². The van der Waals surface area contributed by atoms with Crippen molar-refractivity contribution < 1.29 is 13.6 Å². The fraction of sp³-hybridized carbons (Fsp3) is 0.312. The van der Waals surface area contributed by atoms with Crippen LogP contribution in [-0.2, 0) is 12.3 Å². The van der Waals surface area contributed by atoms with Crippen LogP contribution in [0.3, 0.4) is 0 Å². The van der Waals surface area contributed by atoms with Crippen molar-refractivity contribution in [1.29, 1.82) is 0 Å². The molecule has 2 heterocycles. The van der Waals surface area contributed by atoms with Gasteiger partial charge in [0.2, 0.25) is 0 Å². The molecule has 5 rings (SSSR count). The van der Waals surface area contributed by atoms with Crippen molar-refractivity contribution in [3.05, 3.63) is 106 Å². The van der Waals surface area contributed by atoms with Crippen LogP contribution in [0.2, 0.25) is 0 Å². The predicted molar refractivity (Wildman–Crippen MR) is 155 cm³/mol. The molecular weight excluding hydrogens is 512 g/mol. The molecule has 0 aliphatic carbocycles. The third-order valence-corrected chi connectivity index (χ3v) is 8.34. The number of nitrogens with zero attached hydrogens (tertiary/aromatic N) is 2. The third kappa shape index (κ3) is 6.97. The molecule has 202 valence electrons. The molecular formula is C32H33F2N3OS. The summed E-state index contributed by atoms with van der Waals surface area (Å²) in [6, 6.07) is 24.1. The van der Waals surface area contributed by atoms with E-state index in [1.54, 1.807) is 29.5 Å². The smallest absolute Gasteiger partial charge is 0.275 e. The zero-order valence-corrected chi connectivity index (χ0v) is 22.9. The number of hydrogen-bond acceptors (Lipinski definition) is 4. The average molecular weight is 546 g/mol. The number of carbonyl (C=O) groups excluding carboxylic acids is 1. The van der Waals surface area contributed by atoms with E-state index in [1.165, 1.54) is 17.7 Å². The fourth-order valence-corrected chi connectivity index (χ4v) is 6.10. The normalized spacial score (nSPS) is 14.8. The predicted octanol–water partition coefficient (Wildman–Crippen LogP) is 7.99. The van der Waals surface area contributed by atoms with Crippen LogP contribution in [0, 0.1) is 0 Å². The maximum Gasteiger partial charge on any atom is 0.275 e. The van der Waals surface area contributed by atoms with E-state index in [9.17, 15) is 13.6 Å². The summed E-state index contributed by atoms with van der Waals surface area (Å²) in [6.45, 7) is 4.08. The van der Waals surface area contributed by atoms with Gasteiger partial charge in [0.05, 0.1) is 5.01 Å². The van der Waals surface area contributed by atoms with E-state index in [1.807, 2.05) is 23.6 Å². The highest BCUT2D eigenvalue weighted by Crippen LogP contribution is 2.34. The highest BCUT2D eigenvalue weighted by molar-refractivity contribution is 7.10. The molecule has 1 N–H and O–H groups in total. The first-order chi connectivity index (χ1) is 18.9. The lowest BCUT2D eigenvalue weighted by Gasteiger charge is -2.31. The van der Waals surface area contributed by atoms with Crippen molar-refractivity contribution in [2.75, 3.05) is 25.0 Å². The molecule has 3 aromatic carbocycles. The molecule has 0 saturated carbocycles. The van der Waals surface area contributed by atoms with E-state index in [0.29, 0.717) is 28.4 Å². The number of amides is 1. The number of anilines is 1. The second-order valence-electron chi connectivity index (χ2n) is 10.2. The fourth-order valence-electron chi connectivity index (χ4n) is 5.12. The number of halogens is 2. The van der Waals surface area contributed by atoms with E-state index in [0.717, 1.165) is 57.2 Å². The van der Waals surface area contributed by atoms with Crippen LogP contribution in [-0.4, -0.2) is 35.4 Å². The third-order valence-electron chi connectivity index (χ3n) is 7.33. The Labute approximate surface area is 232 Å². The van der Waals surface area contributed by atoms with E-state index in [4.69, 9.17) is 4.98 Å². The summed E-state index contributed by atoms with van der Waals surface area (Å²) >= 11 is 1.54. The summed E-state index contributed by atoms with van der Waals surface area (Å²) in [6.07, 6.45) is 4.34. The number of benzene rings is 3. The SMILES string of the molecule is CC(F)(F)c1cccc(-c2ccccc2NC(=O)c2csc(C3CCN(CCCc4ccccc4)CC3)n2)c1. The maximum atomic E-state index is 13.9. The first-order valence-electron chi connectivity index (χ1n) is 13.5. The van der Waals surface area contributed by atoms with Crippen LogP contribution in [0.5, 0.6) is 0 Å². The number of carbonyl (C=O) groups is 1. The zero-order chi connectivity index (χ0) is 27.2. The lowest BCUT2D eigenvalue weighted by atomic mass is 9.97. The molecule has 0 spiro atoms. The van der Waals surface area contributed by atoms with Gasteiger partial charge in [-0.3, -0.25) is 4.79 Å². The minimum absolute atomic E-state index is 0.0625. The molecule has 0 bridgehead atoms. The van der Waals surface area contributed by atoms with Gasteiger partial charge in [-0.05, 0) is 68.6 Å². The molecule has 1 saturated heterocycles. The molecule has 1 aliphatic heterocycles. The van der Waals surface area contributed by atoms with E-state index < -0.39 is 5.92 Å². The Hall–Kier alpha value is -3.42. The Morgan fingerprint density at radius 3 is 2.54 bits per heavy atom. The molecule has 4 aromatic rings. The lowest BCUT2D eigenvalue weighted by Crippen LogP contribution is -2.33. The van der Waals surface area contributed by atoms with Crippen LogP contribution in [0.1, 0.15) is 58.7 Å². The molecule has 1 aromatic heterocycles. The van der Waals surface area contributed by atoms with Crippen LogP contribution < -0.4 is 5.32 Å². The topological polar surface area (TPSA) is 45.2 Å². The minimum Gasteiger partial charge on any atom is -0.320 e. The molecule has 1 amide bonds. The monoisotopic (exact) mass is 545 g/mol. The van der Waals surface area contributed by atoms with Gasteiger partial charge in [0.15, 0.2) is 0 Å². The maximum absolute atomic E-state index is 13.9. The van der Waals surface area contributed by atoms with Gasteiger partial charge in [0.1, 0.15) is 5.69 Å². The van der Waals surface area contributed by atoms with Crippen molar-refractivity contribution in [2.24, 2.45) is 0 Å². The van der Waals surface area contributed by atoms with Crippen LogP contribution in [0.4, 0.5) is 14.5 Å². The number of alkyl halides is 2. The number of rotatable bonds is 9. The number of thiazole rings is 1. The van der Waals surface area contributed by atoms with E-state index >= 15 is 0 Å². The van der Waals surface area contributed by atoms with Gasteiger partial charge in [0.25, 0.3) is 11.8 Å². The molecule has 0 radical (unpaired) electrons. The molecule has 39 heavy (non-hydrogen) atoms. The number of nitrogens with one attached hydrogen (secondary N) is 1. The second kappa shape index (κ2) is 12.2. The molecule has 0 unspecified atom stereocenters. The van der Waals surface area contributed by atoms with Gasteiger partial charge in [-0.15, -0.1) is 11.3 Å². The molecule has 7 heteroatoms. The summed E-state index contributed by atoms with van der Waals surface area (Å²) in [4.78, 5) is 20.3. The number of aryl methyl sites for hydroxylation is 1. The molecule has 1 aliphatic rings. The second-order valence-corrected chi connectivity index (χ2v) is 11.1. The number of likely N-dealkylation sites (tertiary alicyclic amines) is 1. The molecule has 1 fully saturated rings. The lowest BCUT2D eigenvalue weighted by molar-refractivity contribution is 0.0175. The number of piperidine rings is 1. The first-order valence-corrected chi connectivity index (χ1v) is 14.4. The van der Waals surface area contributed by atoms with E-state index in [2.05, 4.69) is 40.5 Å². The van der Waals surface area contributed by atoms with Crippen molar-refractivity contribution >= 4 is 22.9 Å². The minimum atomic E-state index is -2.94. The largest absolute Gasteiger partial charge is 0.320 e. The molecule has 4 nitrogen and oxygen atoms in total. The Balaban J connectivity index is 1.18. The Morgan fingerprint density at radius 1 is 1.03 bits per heavy atom. The molecule has 0 atom stereocenters. The Kier molecular flexibility index (Phi) is 8.48. The number of aromatic nitrogens is 1. The summed E-state index contributed by atoms with van der Waals surface area (Å²) in [5.74, 6) is -2.86. The number of para-hydroxylation sites is 1. The standard InChI is InChI=1S/C32H33F2N3OS/c1-32(33,34)26-13-7-12-25(21-26)27-14-5-6-15-28(27)35-30(38)29-22-39-31(36-29)24-16-19-37(20-17-24)18-8-11-23-9-3-2-4-10-23/h2-7,9-10,12-15,21-22,24H,8,11,16-20H2,1H3,(H,35,38). The summed E-state index contributed by atoms with van der Waals surface area (Å²) in [5, 5.41) is 5.78. The van der Waals surface area contributed by atoms with Crippen molar-refractivity contribution in [2.45, 2.75) is 44.4 Å². The number of hydrogen-bond donors (Lipinski definition) is 1. The Morgan fingerprint density at radius 2 is 1.77 bits per heavy atom. The van der Waals surface area contributed by atoms with Gasteiger partial charge in [-0.1, -0.05) is 66.7 Å². The average Bonchev–Trinajstić information content (AvgIpc) is 3.45. The van der Waals surface area contributed by atoms with Crippen LogP contribution in [0.15, 0.2) is 84.2 Å². The Bertz CT molecular complexity index is 1390. The van der Waals surface area contributed by atoms with Gasteiger partial charge in [-0.2, -0.15) is 0 Å². The van der Waals surface area contributed by atoms with Crippen molar-refractivity contribution in [3.8, 4) is 11.1 Å². The summed E-state index contributed by atoms with van der Waals surface area (Å²) < 4.78 is 27.8. The van der Waals surface area contributed by atoms with Gasteiger partial charge in [0, 0.05) is 35.0 Å². The first kappa shape index (κ1) is 27.2. The van der Waals surface area contributed by atoms with E-state index in [-0.39, 0.29) is 11.5 Å². The summed E-state index contributed by atoms with van der Waals surface area (Å²) in [7, 11) is 0. The van der Waals surface area contributed by atoms with Crippen LogP contribution in [0.25, 0.3) is 11.1 Å². The van der Waals surface area contributed by atoms with Crippen molar-refractivity contribution in [3.63, 3.8) is 0 Å². The highest BCUT2D eigenvalue weighted by atomic mass is 32.1. The van der Waals surface area contributed by atoms with Gasteiger partial charge < -0.3 is 10.2 Å². The van der Waals surface area contributed by atoms with Gasteiger partial charge in [-0.25, -0.2) is 13.8 Å². The van der Waals surface area contributed by atoms with Crippen LogP contribution >= 0.6 is 11.3 Å². The quantitative estimate of drug-likeness (QED) is 0.232. The van der Waals surface area contributed by atoms with Crippen molar-refractivity contribution in [1.82, 2.24) is 9.88 Å². The highest BCUT2D eigenvalue weighted by Gasteiger charge is 2.26. The zero-order valence-electron chi connectivity index (χ0n) is 22.1.